The predicted octanol–water partition coefficient (Wildman–Crippen LogP) is 1.50. The van der Waals surface area contributed by atoms with Crippen LogP contribution in [0.3, 0.4) is 0 Å². The average molecular weight is 331 g/mol. The molecular formula is C16H21N5O3. The number of carbonyl (C=O) groups excluding carboxylic acids is 1. The lowest BCUT2D eigenvalue weighted by Crippen LogP contribution is -2.44. The van der Waals surface area contributed by atoms with Crippen molar-refractivity contribution in [2.75, 3.05) is 32.1 Å². The fourth-order valence-electron chi connectivity index (χ4n) is 2.80. The number of anilines is 1. The zero-order chi connectivity index (χ0) is 16.9. The second-order valence-corrected chi connectivity index (χ2v) is 5.63. The molecule has 1 saturated heterocycles. The molecule has 0 radical (unpaired) electrons. The normalized spacial score (nSPS) is 16.9. The molecule has 1 N–H and O–H groups in total. The molecule has 2 aromatic heterocycles. The number of methoxy groups -OCH3 is 1. The lowest BCUT2D eigenvalue weighted by atomic mass is 10.2. The van der Waals surface area contributed by atoms with Crippen LogP contribution >= 0.6 is 0 Å². The third kappa shape index (κ3) is 3.42. The molecular weight excluding hydrogens is 310 g/mol. The Hall–Kier alpha value is -2.77. The third-order valence-corrected chi connectivity index (χ3v) is 4.16. The highest BCUT2D eigenvalue weighted by molar-refractivity contribution is 5.74. The summed E-state index contributed by atoms with van der Waals surface area (Å²) in [7, 11) is 3.38. The van der Waals surface area contributed by atoms with Gasteiger partial charge in [0.2, 0.25) is 0 Å². The summed E-state index contributed by atoms with van der Waals surface area (Å²) in [5.41, 5.74) is 0. The van der Waals surface area contributed by atoms with Crippen molar-refractivity contribution in [1.82, 2.24) is 20.2 Å². The van der Waals surface area contributed by atoms with E-state index in [1.807, 2.05) is 6.07 Å². The van der Waals surface area contributed by atoms with E-state index in [2.05, 4.69) is 20.2 Å². The number of nitrogens with one attached hydrogen (secondary N) is 1. The molecule has 1 aliphatic heterocycles. The summed E-state index contributed by atoms with van der Waals surface area (Å²) in [6, 6.07) is 3.62. The highest BCUT2D eigenvalue weighted by Gasteiger charge is 2.30. The van der Waals surface area contributed by atoms with Gasteiger partial charge < -0.3 is 24.3 Å². The van der Waals surface area contributed by atoms with Gasteiger partial charge in [0.15, 0.2) is 5.82 Å². The van der Waals surface area contributed by atoms with Crippen molar-refractivity contribution in [3.8, 4) is 5.88 Å². The predicted molar refractivity (Wildman–Crippen MR) is 87.9 cm³/mol. The molecule has 0 saturated carbocycles. The first-order chi connectivity index (χ1) is 11.7. The number of amides is 2. The molecule has 1 aliphatic rings. The first-order valence-electron chi connectivity index (χ1n) is 7.82. The Balaban J connectivity index is 1.57. The van der Waals surface area contributed by atoms with Crippen LogP contribution in [0.1, 0.15) is 12.2 Å². The first kappa shape index (κ1) is 16.1. The number of carbonyl (C=O) groups is 1. The largest absolute Gasteiger partial charge is 0.478 e. The standard InChI is InChI=1S/C16H21N5O3/c1-20(16(22)19-10-13-4-3-9-24-13)12-5-8-21(11-12)14-15(23-2)18-7-6-17-14/h3-4,6-7,9,12H,5,8,10-11H2,1-2H3,(H,19,22)/t12-/m1/s1. The highest BCUT2D eigenvalue weighted by atomic mass is 16.5. The van der Waals surface area contributed by atoms with Crippen LogP contribution in [0.15, 0.2) is 35.2 Å². The number of rotatable bonds is 5. The topological polar surface area (TPSA) is 83.7 Å². The number of urea groups is 1. The van der Waals surface area contributed by atoms with Gasteiger partial charge in [0.05, 0.1) is 26.0 Å². The second-order valence-electron chi connectivity index (χ2n) is 5.63. The molecule has 1 fully saturated rings. The van der Waals surface area contributed by atoms with Crippen molar-refractivity contribution in [3.63, 3.8) is 0 Å². The van der Waals surface area contributed by atoms with E-state index in [0.29, 0.717) is 24.8 Å². The smallest absolute Gasteiger partial charge is 0.317 e. The lowest BCUT2D eigenvalue weighted by molar-refractivity contribution is 0.193. The minimum atomic E-state index is -0.121. The molecule has 0 aromatic carbocycles. The maximum Gasteiger partial charge on any atom is 0.317 e. The van der Waals surface area contributed by atoms with Crippen molar-refractivity contribution in [1.29, 1.82) is 0 Å². The van der Waals surface area contributed by atoms with Gasteiger partial charge in [0, 0.05) is 32.5 Å². The Morgan fingerprint density at radius 2 is 2.33 bits per heavy atom. The van der Waals surface area contributed by atoms with Crippen molar-refractivity contribution in [2.24, 2.45) is 0 Å². The molecule has 2 aromatic rings. The Morgan fingerprint density at radius 3 is 3.08 bits per heavy atom. The van der Waals surface area contributed by atoms with Gasteiger partial charge in [-0.25, -0.2) is 14.8 Å². The zero-order valence-corrected chi connectivity index (χ0v) is 13.8. The lowest BCUT2D eigenvalue weighted by Gasteiger charge is -2.25. The second kappa shape index (κ2) is 7.20. The maximum atomic E-state index is 12.3. The number of nitrogens with zero attached hydrogens (tertiary/aromatic N) is 4. The van der Waals surface area contributed by atoms with Gasteiger partial charge in [-0.15, -0.1) is 0 Å². The van der Waals surface area contributed by atoms with E-state index >= 15 is 0 Å². The van der Waals surface area contributed by atoms with Crippen molar-refractivity contribution in [2.45, 2.75) is 19.0 Å². The van der Waals surface area contributed by atoms with Crippen LogP contribution in [0, 0.1) is 0 Å². The molecule has 8 heteroatoms. The Morgan fingerprint density at radius 1 is 1.50 bits per heavy atom. The Kier molecular flexibility index (Phi) is 4.83. The average Bonchev–Trinajstić information content (AvgIpc) is 3.30. The van der Waals surface area contributed by atoms with E-state index < -0.39 is 0 Å². The third-order valence-electron chi connectivity index (χ3n) is 4.16. The highest BCUT2D eigenvalue weighted by Crippen LogP contribution is 2.27. The van der Waals surface area contributed by atoms with Gasteiger partial charge >= 0.3 is 6.03 Å². The van der Waals surface area contributed by atoms with Crippen LogP contribution in [-0.4, -0.2) is 54.2 Å². The molecule has 3 rings (SSSR count). The van der Waals surface area contributed by atoms with Crippen LogP contribution in [0.2, 0.25) is 0 Å². The molecule has 1 atom stereocenters. The number of hydrogen-bond donors (Lipinski definition) is 1. The van der Waals surface area contributed by atoms with Gasteiger partial charge in [-0.2, -0.15) is 0 Å². The number of hydrogen-bond acceptors (Lipinski definition) is 6. The summed E-state index contributed by atoms with van der Waals surface area (Å²) in [4.78, 5) is 24.6. The summed E-state index contributed by atoms with van der Waals surface area (Å²) in [5, 5.41) is 2.86. The van der Waals surface area contributed by atoms with E-state index in [1.165, 1.54) is 0 Å². The van der Waals surface area contributed by atoms with E-state index in [-0.39, 0.29) is 12.1 Å². The van der Waals surface area contributed by atoms with Crippen LogP contribution < -0.4 is 15.0 Å². The van der Waals surface area contributed by atoms with Gasteiger partial charge in [-0.05, 0) is 18.6 Å². The molecule has 128 valence electrons. The van der Waals surface area contributed by atoms with E-state index in [1.54, 1.807) is 43.8 Å². The molecule has 0 bridgehead atoms. The molecule has 0 unspecified atom stereocenters. The monoisotopic (exact) mass is 331 g/mol. The fourth-order valence-corrected chi connectivity index (χ4v) is 2.80. The molecule has 2 amide bonds. The summed E-state index contributed by atoms with van der Waals surface area (Å²) < 4.78 is 10.5. The molecule has 24 heavy (non-hydrogen) atoms. The van der Waals surface area contributed by atoms with E-state index in [4.69, 9.17) is 9.15 Å². The van der Waals surface area contributed by atoms with Crippen molar-refractivity contribution < 1.29 is 13.9 Å². The van der Waals surface area contributed by atoms with Gasteiger partial charge in [0.1, 0.15) is 5.76 Å². The summed E-state index contributed by atoms with van der Waals surface area (Å²) >= 11 is 0. The SMILES string of the molecule is COc1nccnc1N1CC[C@@H](N(C)C(=O)NCc2ccco2)C1. The Bertz CT molecular complexity index is 676. The van der Waals surface area contributed by atoms with Gasteiger partial charge in [0.25, 0.3) is 5.88 Å². The van der Waals surface area contributed by atoms with Crippen LogP contribution in [0.4, 0.5) is 10.6 Å². The summed E-state index contributed by atoms with van der Waals surface area (Å²) in [5.74, 6) is 1.95. The first-order valence-corrected chi connectivity index (χ1v) is 7.82. The van der Waals surface area contributed by atoms with E-state index in [0.717, 1.165) is 18.7 Å². The summed E-state index contributed by atoms with van der Waals surface area (Å²) in [6.45, 7) is 1.87. The van der Waals surface area contributed by atoms with Gasteiger partial charge in [-0.1, -0.05) is 0 Å². The molecule has 0 aliphatic carbocycles. The number of ether oxygens (including phenoxy) is 1. The summed E-state index contributed by atoms with van der Waals surface area (Å²) in [6.07, 6.45) is 5.70. The quantitative estimate of drug-likeness (QED) is 0.894. The number of furan rings is 1. The van der Waals surface area contributed by atoms with Crippen molar-refractivity contribution >= 4 is 11.8 Å². The number of likely N-dealkylation sites (N-methyl/N-ethyl adjacent to an activating group) is 1. The maximum absolute atomic E-state index is 12.3. The van der Waals surface area contributed by atoms with Crippen LogP contribution in [0.5, 0.6) is 5.88 Å². The van der Waals surface area contributed by atoms with Crippen LogP contribution in [0.25, 0.3) is 0 Å². The fraction of sp³-hybridized carbons (Fsp3) is 0.438. The zero-order valence-electron chi connectivity index (χ0n) is 13.8. The molecule has 8 nitrogen and oxygen atoms in total. The van der Waals surface area contributed by atoms with Crippen molar-refractivity contribution in [3.05, 3.63) is 36.5 Å². The van der Waals surface area contributed by atoms with Gasteiger partial charge in [-0.3, -0.25) is 0 Å². The van der Waals surface area contributed by atoms with Crippen LogP contribution in [-0.2, 0) is 6.54 Å². The minimum Gasteiger partial charge on any atom is -0.478 e. The number of aromatic nitrogens is 2. The Labute approximate surface area is 140 Å². The molecule has 0 spiro atoms. The molecule has 3 heterocycles. The minimum absolute atomic E-state index is 0.105. The van der Waals surface area contributed by atoms with E-state index in [9.17, 15) is 4.79 Å².